The van der Waals surface area contributed by atoms with E-state index in [0.29, 0.717) is 6.54 Å². The van der Waals surface area contributed by atoms with Crippen LogP contribution in [0.2, 0.25) is 0 Å². The van der Waals surface area contributed by atoms with Gasteiger partial charge in [0.05, 0.1) is 11.7 Å². The van der Waals surface area contributed by atoms with Crippen LogP contribution in [0.5, 0.6) is 0 Å². The maximum absolute atomic E-state index is 13.1. The molecule has 1 fully saturated rings. The summed E-state index contributed by atoms with van der Waals surface area (Å²) in [6, 6.07) is 7.95. The van der Waals surface area contributed by atoms with Gasteiger partial charge in [0.15, 0.2) is 0 Å². The SMILES string of the molecule is CNS(=O)(=O)C[C@@H]1CCCN1C(=O)[C@H]1CCCc2ccccc21. The van der Waals surface area contributed by atoms with Crippen molar-refractivity contribution in [3.8, 4) is 0 Å². The molecule has 0 spiro atoms. The number of fused-ring (bicyclic) bond motifs is 1. The molecule has 1 heterocycles. The van der Waals surface area contributed by atoms with Crippen molar-refractivity contribution in [3.05, 3.63) is 35.4 Å². The van der Waals surface area contributed by atoms with E-state index in [1.165, 1.54) is 12.6 Å². The maximum Gasteiger partial charge on any atom is 0.230 e. The summed E-state index contributed by atoms with van der Waals surface area (Å²) >= 11 is 0. The number of nitrogens with one attached hydrogen (secondary N) is 1. The van der Waals surface area contributed by atoms with E-state index in [-0.39, 0.29) is 23.6 Å². The number of carbonyl (C=O) groups is 1. The Bertz CT molecular complexity index is 687. The average Bonchev–Trinajstić information content (AvgIpc) is 3.01. The summed E-state index contributed by atoms with van der Waals surface area (Å²) in [4.78, 5) is 14.9. The van der Waals surface area contributed by atoms with Gasteiger partial charge in [-0.15, -0.1) is 0 Å². The Morgan fingerprint density at radius 3 is 2.83 bits per heavy atom. The molecule has 1 aromatic rings. The fraction of sp³-hybridized carbons (Fsp3) is 0.588. The Labute approximate surface area is 138 Å². The lowest BCUT2D eigenvalue weighted by molar-refractivity contribution is -0.133. The van der Waals surface area contributed by atoms with Crippen molar-refractivity contribution in [2.75, 3.05) is 19.3 Å². The minimum absolute atomic E-state index is 0.00358. The predicted molar refractivity (Wildman–Crippen MR) is 89.7 cm³/mol. The first-order valence-electron chi connectivity index (χ1n) is 8.31. The van der Waals surface area contributed by atoms with Crippen molar-refractivity contribution in [3.63, 3.8) is 0 Å². The number of rotatable bonds is 4. The lowest BCUT2D eigenvalue weighted by Gasteiger charge is -2.31. The molecule has 0 saturated carbocycles. The minimum Gasteiger partial charge on any atom is -0.338 e. The number of benzene rings is 1. The highest BCUT2D eigenvalue weighted by Crippen LogP contribution is 2.34. The Kier molecular flexibility index (Phi) is 4.73. The normalized spacial score (nSPS) is 24.5. The number of hydrogen-bond acceptors (Lipinski definition) is 3. The van der Waals surface area contributed by atoms with Crippen LogP contribution < -0.4 is 4.72 Å². The molecule has 1 aliphatic heterocycles. The molecule has 6 heteroatoms. The van der Waals surface area contributed by atoms with Crippen LogP contribution in [-0.4, -0.2) is 44.6 Å². The second-order valence-corrected chi connectivity index (χ2v) is 8.43. The highest BCUT2D eigenvalue weighted by molar-refractivity contribution is 7.89. The molecule has 1 aromatic carbocycles. The average molecular weight is 336 g/mol. The monoisotopic (exact) mass is 336 g/mol. The molecular formula is C17H24N2O3S. The van der Waals surface area contributed by atoms with Crippen LogP contribution >= 0.6 is 0 Å². The first-order chi connectivity index (χ1) is 11.0. The quantitative estimate of drug-likeness (QED) is 0.909. The molecule has 0 aromatic heterocycles. The standard InChI is InChI=1S/C17H24N2O3S/c1-18-23(21,22)12-14-8-5-11-19(14)17(20)16-10-4-7-13-6-2-3-9-15(13)16/h2-3,6,9,14,16,18H,4-5,7-8,10-12H2,1H3/t14-,16-/m0/s1. The molecule has 2 atom stereocenters. The van der Waals surface area contributed by atoms with Gasteiger partial charge in [-0.1, -0.05) is 24.3 Å². The third-order valence-electron chi connectivity index (χ3n) is 5.05. The number of nitrogens with zero attached hydrogens (tertiary/aromatic N) is 1. The summed E-state index contributed by atoms with van der Waals surface area (Å²) in [5, 5.41) is 0. The smallest absolute Gasteiger partial charge is 0.230 e. The van der Waals surface area contributed by atoms with Crippen molar-refractivity contribution < 1.29 is 13.2 Å². The van der Waals surface area contributed by atoms with Gasteiger partial charge >= 0.3 is 0 Å². The minimum atomic E-state index is -3.30. The fourth-order valence-electron chi connectivity index (χ4n) is 3.85. The summed E-state index contributed by atoms with van der Waals surface area (Å²) in [6.07, 6.45) is 4.54. The molecular weight excluding hydrogens is 312 g/mol. The molecule has 1 amide bonds. The van der Waals surface area contributed by atoms with Gasteiger partial charge in [0.1, 0.15) is 0 Å². The predicted octanol–water partition coefficient (Wildman–Crippen LogP) is 1.65. The van der Waals surface area contributed by atoms with Gasteiger partial charge < -0.3 is 4.90 Å². The van der Waals surface area contributed by atoms with E-state index in [9.17, 15) is 13.2 Å². The summed E-state index contributed by atoms with van der Waals surface area (Å²) in [7, 11) is -1.88. The van der Waals surface area contributed by atoms with E-state index in [4.69, 9.17) is 0 Å². The van der Waals surface area contributed by atoms with Gasteiger partial charge in [-0.05, 0) is 50.3 Å². The second-order valence-electron chi connectivity index (χ2n) is 6.46. The first kappa shape index (κ1) is 16.5. The molecule has 0 bridgehead atoms. The third kappa shape index (κ3) is 3.43. The summed E-state index contributed by atoms with van der Waals surface area (Å²) in [5.74, 6) is -0.00680. The van der Waals surface area contributed by atoms with Crippen LogP contribution in [0.3, 0.4) is 0 Å². The van der Waals surface area contributed by atoms with E-state index in [1.807, 2.05) is 23.1 Å². The van der Waals surface area contributed by atoms with E-state index in [0.717, 1.165) is 37.7 Å². The Morgan fingerprint density at radius 2 is 2.04 bits per heavy atom. The molecule has 23 heavy (non-hydrogen) atoms. The summed E-state index contributed by atoms with van der Waals surface area (Å²) in [5.41, 5.74) is 2.39. The van der Waals surface area contributed by atoms with Crippen LogP contribution in [0, 0.1) is 0 Å². The van der Waals surface area contributed by atoms with Crippen LogP contribution in [0.25, 0.3) is 0 Å². The molecule has 2 aliphatic rings. The van der Waals surface area contributed by atoms with Gasteiger partial charge in [0.25, 0.3) is 0 Å². The number of likely N-dealkylation sites (tertiary alicyclic amines) is 1. The maximum atomic E-state index is 13.1. The fourth-order valence-corrected chi connectivity index (χ4v) is 4.87. The highest BCUT2D eigenvalue weighted by Gasteiger charge is 2.37. The molecule has 0 radical (unpaired) electrons. The van der Waals surface area contributed by atoms with E-state index in [1.54, 1.807) is 0 Å². The largest absolute Gasteiger partial charge is 0.338 e. The molecule has 1 N–H and O–H groups in total. The molecule has 126 valence electrons. The lowest BCUT2D eigenvalue weighted by atomic mass is 9.82. The van der Waals surface area contributed by atoms with E-state index < -0.39 is 10.0 Å². The van der Waals surface area contributed by atoms with Crippen LogP contribution in [0.4, 0.5) is 0 Å². The number of sulfonamides is 1. The second kappa shape index (κ2) is 6.61. The van der Waals surface area contributed by atoms with Crippen molar-refractivity contribution in [1.29, 1.82) is 0 Å². The Morgan fingerprint density at radius 1 is 1.26 bits per heavy atom. The van der Waals surface area contributed by atoms with Crippen molar-refractivity contribution in [1.82, 2.24) is 9.62 Å². The molecule has 1 aliphatic carbocycles. The number of hydrogen-bond donors (Lipinski definition) is 1. The zero-order chi connectivity index (χ0) is 16.4. The van der Waals surface area contributed by atoms with E-state index >= 15 is 0 Å². The van der Waals surface area contributed by atoms with Crippen LogP contribution in [-0.2, 0) is 21.2 Å². The number of carbonyl (C=O) groups excluding carboxylic acids is 1. The van der Waals surface area contributed by atoms with E-state index in [2.05, 4.69) is 10.8 Å². The first-order valence-corrected chi connectivity index (χ1v) is 9.96. The highest BCUT2D eigenvalue weighted by atomic mass is 32.2. The molecule has 5 nitrogen and oxygen atoms in total. The van der Waals surface area contributed by atoms with Crippen molar-refractivity contribution >= 4 is 15.9 Å². The topological polar surface area (TPSA) is 66.5 Å². The van der Waals surface area contributed by atoms with Gasteiger partial charge in [0, 0.05) is 12.6 Å². The molecule has 3 rings (SSSR count). The van der Waals surface area contributed by atoms with Gasteiger partial charge in [-0.3, -0.25) is 4.79 Å². The van der Waals surface area contributed by atoms with Crippen LogP contribution in [0.1, 0.15) is 42.7 Å². The third-order valence-corrected chi connectivity index (χ3v) is 6.50. The Hall–Kier alpha value is -1.40. The molecule has 1 saturated heterocycles. The lowest BCUT2D eigenvalue weighted by Crippen LogP contribution is -2.44. The zero-order valence-corrected chi connectivity index (χ0v) is 14.3. The number of amides is 1. The van der Waals surface area contributed by atoms with Crippen LogP contribution in [0.15, 0.2) is 24.3 Å². The summed E-state index contributed by atoms with van der Waals surface area (Å²) in [6.45, 7) is 0.668. The van der Waals surface area contributed by atoms with Gasteiger partial charge in [-0.25, -0.2) is 13.1 Å². The zero-order valence-electron chi connectivity index (χ0n) is 13.5. The van der Waals surface area contributed by atoms with Gasteiger partial charge in [0.2, 0.25) is 15.9 Å². The van der Waals surface area contributed by atoms with Crippen molar-refractivity contribution in [2.24, 2.45) is 0 Å². The van der Waals surface area contributed by atoms with Crippen molar-refractivity contribution in [2.45, 2.75) is 44.1 Å². The number of aryl methyl sites for hydroxylation is 1. The molecule has 0 unspecified atom stereocenters. The summed E-state index contributed by atoms with van der Waals surface area (Å²) < 4.78 is 26.1. The Balaban J connectivity index is 1.80. The van der Waals surface area contributed by atoms with Gasteiger partial charge in [-0.2, -0.15) is 0 Å².